The molecule has 0 radical (unpaired) electrons. The molecule has 3 aromatic rings. The molecule has 29 heavy (non-hydrogen) atoms. The first-order valence-electron chi connectivity index (χ1n) is 9.67. The van der Waals surface area contributed by atoms with Gasteiger partial charge in [0, 0.05) is 54.7 Å². The molecule has 146 valence electrons. The van der Waals surface area contributed by atoms with Gasteiger partial charge in [-0.15, -0.1) is 0 Å². The Morgan fingerprint density at radius 1 is 1.14 bits per heavy atom. The van der Waals surface area contributed by atoms with Crippen LogP contribution in [0.15, 0.2) is 47.2 Å². The molecule has 4 heterocycles. The van der Waals surface area contributed by atoms with Crippen molar-refractivity contribution in [2.75, 3.05) is 24.5 Å². The molecule has 0 bridgehead atoms. The van der Waals surface area contributed by atoms with Gasteiger partial charge in [-0.3, -0.25) is 4.90 Å². The summed E-state index contributed by atoms with van der Waals surface area (Å²) in [5, 5.41) is 14.4. The Bertz CT molecular complexity index is 1080. The number of hydrogen-bond donors (Lipinski definition) is 0. The third-order valence-corrected chi connectivity index (χ3v) is 6.00. The van der Waals surface area contributed by atoms with Crippen LogP contribution in [0.2, 0.25) is 5.02 Å². The molecule has 2 saturated heterocycles. The van der Waals surface area contributed by atoms with Crippen LogP contribution in [0.5, 0.6) is 0 Å². The molecular weight excluding hydrogens is 388 g/mol. The van der Waals surface area contributed by atoms with E-state index in [0.717, 1.165) is 49.5 Å². The molecule has 5 rings (SSSR count). The van der Waals surface area contributed by atoms with Crippen molar-refractivity contribution in [3.8, 4) is 17.4 Å². The van der Waals surface area contributed by atoms with Gasteiger partial charge in [-0.05, 0) is 25.0 Å². The fourth-order valence-electron chi connectivity index (χ4n) is 4.43. The van der Waals surface area contributed by atoms with Crippen molar-refractivity contribution in [1.29, 1.82) is 5.26 Å². The van der Waals surface area contributed by atoms with E-state index in [0.29, 0.717) is 22.6 Å². The zero-order valence-corrected chi connectivity index (χ0v) is 16.5. The molecular formula is C21H19ClN6O. The van der Waals surface area contributed by atoms with Crippen molar-refractivity contribution >= 4 is 17.4 Å². The minimum Gasteiger partial charge on any atom is -0.356 e. The van der Waals surface area contributed by atoms with E-state index in [1.807, 2.05) is 30.3 Å². The highest BCUT2D eigenvalue weighted by Gasteiger charge is 2.40. The number of nitrogens with zero attached hydrogens (tertiary/aromatic N) is 6. The predicted molar refractivity (Wildman–Crippen MR) is 108 cm³/mol. The zero-order valence-electron chi connectivity index (χ0n) is 15.7. The van der Waals surface area contributed by atoms with Crippen molar-refractivity contribution in [3.63, 3.8) is 0 Å². The number of anilines is 1. The second kappa shape index (κ2) is 7.47. The Balaban J connectivity index is 1.33. The lowest BCUT2D eigenvalue weighted by Gasteiger charge is -2.40. The van der Waals surface area contributed by atoms with E-state index in [2.05, 4.69) is 31.0 Å². The second-order valence-corrected chi connectivity index (χ2v) is 7.83. The fraction of sp³-hybridized carbons (Fsp3) is 0.333. The molecule has 0 aliphatic carbocycles. The predicted octanol–water partition coefficient (Wildman–Crippen LogP) is 3.68. The number of hydrogen-bond acceptors (Lipinski definition) is 7. The van der Waals surface area contributed by atoms with Gasteiger partial charge >= 0.3 is 0 Å². The Morgan fingerprint density at radius 3 is 2.90 bits per heavy atom. The normalized spacial score (nSPS) is 21.7. The summed E-state index contributed by atoms with van der Waals surface area (Å²) in [6, 6.07) is 12.4. The van der Waals surface area contributed by atoms with E-state index >= 15 is 0 Å². The van der Waals surface area contributed by atoms with Crippen molar-refractivity contribution < 1.29 is 4.52 Å². The highest BCUT2D eigenvalue weighted by Crippen LogP contribution is 2.39. The van der Waals surface area contributed by atoms with Crippen LogP contribution in [0.25, 0.3) is 11.3 Å². The van der Waals surface area contributed by atoms with Gasteiger partial charge in [0.2, 0.25) is 0 Å². The van der Waals surface area contributed by atoms with Crippen molar-refractivity contribution in [1.82, 2.24) is 20.0 Å². The highest BCUT2D eigenvalue weighted by atomic mass is 35.5. The zero-order chi connectivity index (χ0) is 19.8. The SMILES string of the molecule is N#Cc1nccnc1N1CCN2[C@H](CC[C@H]2c2cc(-c3cccc(Cl)c3)on2)C1. The summed E-state index contributed by atoms with van der Waals surface area (Å²) in [5.41, 5.74) is 2.29. The summed E-state index contributed by atoms with van der Waals surface area (Å²) in [6.45, 7) is 2.53. The van der Waals surface area contributed by atoms with Crippen LogP contribution in [0.4, 0.5) is 5.82 Å². The van der Waals surface area contributed by atoms with E-state index in [1.54, 1.807) is 12.4 Å². The maximum Gasteiger partial charge on any atom is 0.183 e. The summed E-state index contributed by atoms with van der Waals surface area (Å²) in [6.07, 6.45) is 5.31. The molecule has 1 aromatic carbocycles. The lowest BCUT2D eigenvalue weighted by Crippen LogP contribution is -2.51. The average molecular weight is 407 g/mol. The third-order valence-electron chi connectivity index (χ3n) is 5.77. The maximum atomic E-state index is 9.32. The van der Waals surface area contributed by atoms with Gasteiger partial charge in [-0.25, -0.2) is 9.97 Å². The van der Waals surface area contributed by atoms with Gasteiger partial charge in [-0.1, -0.05) is 28.9 Å². The van der Waals surface area contributed by atoms with E-state index < -0.39 is 0 Å². The molecule has 2 fully saturated rings. The van der Waals surface area contributed by atoms with Crippen LogP contribution in [0.1, 0.15) is 30.3 Å². The molecule has 2 aliphatic heterocycles. The van der Waals surface area contributed by atoms with Gasteiger partial charge < -0.3 is 9.42 Å². The van der Waals surface area contributed by atoms with Crippen molar-refractivity contribution in [3.05, 3.63) is 59.1 Å². The molecule has 0 spiro atoms. The molecule has 0 N–H and O–H groups in total. The average Bonchev–Trinajstić information content (AvgIpc) is 3.40. The minimum atomic E-state index is 0.246. The minimum absolute atomic E-state index is 0.246. The lowest BCUT2D eigenvalue weighted by atomic mass is 10.1. The molecule has 0 unspecified atom stereocenters. The molecule has 2 aromatic heterocycles. The molecule has 7 nitrogen and oxygen atoms in total. The maximum absolute atomic E-state index is 9.32. The third kappa shape index (κ3) is 3.35. The highest BCUT2D eigenvalue weighted by molar-refractivity contribution is 6.30. The van der Waals surface area contributed by atoms with Crippen LogP contribution in [-0.4, -0.2) is 45.7 Å². The molecule has 0 amide bonds. The number of nitriles is 1. The van der Waals surface area contributed by atoms with Crippen LogP contribution in [0.3, 0.4) is 0 Å². The van der Waals surface area contributed by atoms with Crippen molar-refractivity contribution in [2.24, 2.45) is 0 Å². The molecule has 2 atom stereocenters. The van der Waals surface area contributed by atoms with E-state index in [9.17, 15) is 5.26 Å². The summed E-state index contributed by atoms with van der Waals surface area (Å²) in [5.74, 6) is 1.42. The first kappa shape index (κ1) is 18.1. The van der Waals surface area contributed by atoms with E-state index in [-0.39, 0.29) is 6.04 Å². The van der Waals surface area contributed by atoms with Gasteiger partial charge in [0.1, 0.15) is 11.8 Å². The van der Waals surface area contributed by atoms with Gasteiger partial charge in [0.05, 0.1) is 6.04 Å². The first-order chi connectivity index (χ1) is 14.2. The Kier molecular flexibility index (Phi) is 4.66. The van der Waals surface area contributed by atoms with Gasteiger partial charge in [0.25, 0.3) is 0 Å². The van der Waals surface area contributed by atoms with Crippen LogP contribution < -0.4 is 4.90 Å². The van der Waals surface area contributed by atoms with E-state index in [4.69, 9.17) is 16.1 Å². The van der Waals surface area contributed by atoms with Crippen LogP contribution >= 0.6 is 11.6 Å². The number of rotatable bonds is 3. The quantitative estimate of drug-likeness (QED) is 0.656. The van der Waals surface area contributed by atoms with Gasteiger partial charge in [0.15, 0.2) is 17.3 Å². The van der Waals surface area contributed by atoms with Gasteiger partial charge in [-0.2, -0.15) is 5.26 Å². The number of halogens is 1. The number of aromatic nitrogens is 3. The Morgan fingerprint density at radius 2 is 2.03 bits per heavy atom. The Labute approximate surface area is 173 Å². The summed E-state index contributed by atoms with van der Waals surface area (Å²) < 4.78 is 5.62. The summed E-state index contributed by atoms with van der Waals surface area (Å²) in [7, 11) is 0. The second-order valence-electron chi connectivity index (χ2n) is 7.40. The number of benzene rings is 1. The number of piperazine rings is 1. The number of fused-ring (bicyclic) bond motifs is 1. The lowest BCUT2D eigenvalue weighted by molar-refractivity contribution is 0.170. The largest absolute Gasteiger partial charge is 0.356 e. The smallest absolute Gasteiger partial charge is 0.183 e. The van der Waals surface area contributed by atoms with Crippen LogP contribution in [0, 0.1) is 11.3 Å². The topological polar surface area (TPSA) is 82.1 Å². The molecule has 0 saturated carbocycles. The summed E-state index contributed by atoms with van der Waals surface area (Å²) >= 11 is 6.10. The monoisotopic (exact) mass is 406 g/mol. The van der Waals surface area contributed by atoms with E-state index in [1.165, 1.54) is 0 Å². The summed E-state index contributed by atoms with van der Waals surface area (Å²) in [4.78, 5) is 13.2. The van der Waals surface area contributed by atoms with Crippen LogP contribution in [-0.2, 0) is 0 Å². The first-order valence-corrected chi connectivity index (χ1v) is 10.0. The molecule has 8 heteroatoms. The molecule has 2 aliphatic rings. The Hall–Kier alpha value is -2.95. The van der Waals surface area contributed by atoms with Crippen molar-refractivity contribution in [2.45, 2.75) is 24.9 Å². The fourth-order valence-corrected chi connectivity index (χ4v) is 4.62. The standard InChI is InChI=1S/C21H19ClN6O/c22-15-3-1-2-14(10-15)20-11-17(26-29-20)19-5-4-16-13-27(8-9-28(16)19)21-18(12-23)24-6-7-25-21/h1-3,6-7,10-11,16,19H,4-5,8-9,13H2/t16-,19+/m1/s1.